The van der Waals surface area contributed by atoms with E-state index >= 15 is 0 Å². The van der Waals surface area contributed by atoms with Crippen LogP contribution in [0.4, 0.5) is 0 Å². The second-order valence-electron chi connectivity index (χ2n) is 3.95. The van der Waals surface area contributed by atoms with Crippen molar-refractivity contribution in [3.8, 4) is 0 Å². The van der Waals surface area contributed by atoms with Crippen LogP contribution in [0.15, 0.2) is 0 Å². The fourth-order valence-corrected chi connectivity index (χ4v) is 4.06. The highest BCUT2D eigenvalue weighted by Gasteiger charge is 2.40. The zero-order chi connectivity index (χ0) is 9.47. The largest absolute Gasteiger partial charge is 0.390 e. The third-order valence-corrected chi connectivity index (χ3v) is 4.60. The lowest BCUT2D eigenvalue weighted by Crippen LogP contribution is -2.41. The Morgan fingerprint density at radius 2 is 1.77 bits per heavy atom. The maximum atomic E-state index is 11.2. The van der Waals surface area contributed by atoms with Gasteiger partial charge in [-0.3, -0.25) is 4.90 Å². The number of aliphatic hydroxyl groups is 1. The standard InChI is InChI=1S/C8H15NO3S/c10-8-6-13(11,12)5-7(8)9-3-1-2-4-9/h7-8,10H,1-6H2/t7-,8-/m0/s1. The molecule has 0 aromatic heterocycles. The maximum Gasteiger partial charge on any atom is 0.154 e. The van der Waals surface area contributed by atoms with Gasteiger partial charge < -0.3 is 5.11 Å². The number of aliphatic hydroxyl groups excluding tert-OH is 1. The number of hydrogen-bond donors (Lipinski definition) is 1. The first-order chi connectivity index (χ1) is 6.08. The molecular weight excluding hydrogens is 190 g/mol. The highest BCUT2D eigenvalue weighted by Crippen LogP contribution is 2.22. The van der Waals surface area contributed by atoms with Crippen molar-refractivity contribution in [1.82, 2.24) is 4.90 Å². The minimum Gasteiger partial charge on any atom is -0.390 e. The number of likely N-dealkylation sites (tertiary alicyclic amines) is 1. The van der Waals surface area contributed by atoms with Crippen molar-refractivity contribution >= 4 is 9.84 Å². The fourth-order valence-electron chi connectivity index (χ4n) is 2.23. The summed E-state index contributed by atoms with van der Waals surface area (Å²) >= 11 is 0. The molecule has 1 N–H and O–H groups in total. The quantitative estimate of drug-likeness (QED) is 0.611. The molecular formula is C8H15NO3S. The van der Waals surface area contributed by atoms with Crippen LogP contribution in [-0.2, 0) is 9.84 Å². The summed E-state index contributed by atoms with van der Waals surface area (Å²) in [6, 6.07) is -0.132. The number of rotatable bonds is 1. The third-order valence-electron chi connectivity index (χ3n) is 2.90. The van der Waals surface area contributed by atoms with Crippen LogP contribution in [0.25, 0.3) is 0 Å². The molecule has 0 bridgehead atoms. The van der Waals surface area contributed by atoms with Crippen molar-refractivity contribution in [2.75, 3.05) is 24.6 Å². The first kappa shape index (κ1) is 9.43. The van der Waals surface area contributed by atoms with Gasteiger partial charge in [0.25, 0.3) is 0 Å². The third kappa shape index (κ3) is 1.87. The van der Waals surface area contributed by atoms with Gasteiger partial charge in [0, 0.05) is 0 Å². The zero-order valence-corrected chi connectivity index (χ0v) is 8.33. The van der Waals surface area contributed by atoms with Crippen molar-refractivity contribution in [3.05, 3.63) is 0 Å². The van der Waals surface area contributed by atoms with Crippen molar-refractivity contribution in [1.29, 1.82) is 0 Å². The summed E-state index contributed by atoms with van der Waals surface area (Å²) in [7, 11) is -2.97. The Hall–Kier alpha value is -0.130. The maximum absolute atomic E-state index is 11.2. The van der Waals surface area contributed by atoms with Gasteiger partial charge in [0.2, 0.25) is 0 Å². The summed E-state index contributed by atoms with van der Waals surface area (Å²) < 4.78 is 22.4. The molecule has 0 aromatic carbocycles. The van der Waals surface area contributed by atoms with Gasteiger partial charge in [-0.25, -0.2) is 8.42 Å². The molecule has 0 aliphatic carbocycles. The summed E-state index contributed by atoms with van der Waals surface area (Å²) in [4.78, 5) is 2.11. The Kier molecular flexibility index (Phi) is 2.33. The fraction of sp³-hybridized carbons (Fsp3) is 1.00. The predicted molar refractivity (Wildman–Crippen MR) is 49.3 cm³/mol. The van der Waals surface area contributed by atoms with Gasteiger partial charge in [0.05, 0.1) is 23.7 Å². The summed E-state index contributed by atoms with van der Waals surface area (Å²) in [5.74, 6) is 0.0995. The van der Waals surface area contributed by atoms with Crippen molar-refractivity contribution in [2.45, 2.75) is 25.0 Å². The molecule has 0 radical (unpaired) electrons. The van der Waals surface area contributed by atoms with Gasteiger partial charge in [-0.05, 0) is 25.9 Å². The Balaban J connectivity index is 2.08. The number of sulfone groups is 1. The van der Waals surface area contributed by atoms with E-state index in [0.717, 1.165) is 25.9 Å². The van der Waals surface area contributed by atoms with E-state index in [-0.39, 0.29) is 17.5 Å². The van der Waals surface area contributed by atoms with Crippen molar-refractivity contribution in [3.63, 3.8) is 0 Å². The SMILES string of the molecule is O=S1(=O)C[C@H](O)[C@@H](N2CCCC2)C1. The van der Waals surface area contributed by atoms with Crippen molar-refractivity contribution < 1.29 is 13.5 Å². The molecule has 4 nitrogen and oxygen atoms in total. The van der Waals surface area contributed by atoms with E-state index in [9.17, 15) is 13.5 Å². The van der Waals surface area contributed by atoms with Gasteiger partial charge in [0.1, 0.15) is 0 Å². The molecule has 2 rings (SSSR count). The molecule has 2 heterocycles. The Morgan fingerprint density at radius 3 is 2.23 bits per heavy atom. The topological polar surface area (TPSA) is 57.6 Å². The van der Waals surface area contributed by atoms with Crippen molar-refractivity contribution in [2.24, 2.45) is 0 Å². The van der Waals surface area contributed by atoms with E-state index in [2.05, 4.69) is 4.90 Å². The van der Waals surface area contributed by atoms with E-state index in [1.807, 2.05) is 0 Å². The first-order valence-electron chi connectivity index (χ1n) is 4.71. The average molecular weight is 205 g/mol. The second kappa shape index (κ2) is 3.22. The highest BCUT2D eigenvalue weighted by atomic mass is 32.2. The summed E-state index contributed by atoms with van der Waals surface area (Å²) in [5.41, 5.74) is 0. The van der Waals surface area contributed by atoms with Gasteiger partial charge in [0.15, 0.2) is 9.84 Å². The van der Waals surface area contributed by atoms with Crippen LogP contribution in [0.5, 0.6) is 0 Å². The lowest BCUT2D eigenvalue weighted by atomic mass is 10.2. The normalized spacial score (nSPS) is 39.8. The van der Waals surface area contributed by atoms with Crippen LogP contribution >= 0.6 is 0 Å². The molecule has 2 atom stereocenters. The van der Waals surface area contributed by atoms with Crippen LogP contribution < -0.4 is 0 Å². The smallest absolute Gasteiger partial charge is 0.154 e. The molecule has 76 valence electrons. The van der Waals surface area contributed by atoms with Crippen LogP contribution in [0.3, 0.4) is 0 Å². The predicted octanol–water partition coefficient (Wildman–Crippen LogP) is -0.760. The highest BCUT2D eigenvalue weighted by molar-refractivity contribution is 7.91. The molecule has 2 aliphatic rings. The molecule has 0 aromatic rings. The van der Waals surface area contributed by atoms with Gasteiger partial charge >= 0.3 is 0 Å². The minimum absolute atomic E-state index is 0.0475. The average Bonchev–Trinajstić information content (AvgIpc) is 2.56. The van der Waals surface area contributed by atoms with E-state index in [4.69, 9.17) is 0 Å². The van der Waals surface area contributed by atoms with E-state index in [1.54, 1.807) is 0 Å². The number of nitrogens with zero attached hydrogens (tertiary/aromatic N) is 1. The molecule has 5 heteroatoms. The summed E-state index contributed by atoms with van der Waals surface area (Å²) in [6.07, 6.45) is 1.59. The van der Waals surface area contributed by atoms with Crippen LogP contribution in [0.2, 0.25) is 0 Å². The Bertz CT molecular complexity index is 282. The molecule has 13 heavy (non-hydrogen) atoms. The molecule has 0 unspecified atom stereocenters. The van der Waals surface area contributed by atoms with Gasteiger partial charge in [-0.15, -0.1) is 0 Å². The van der Waals surface area contributed by atoms with Gasteiger partial charge in [-0.1, -0.05) is 0 Å². The number of hydrogen-bond acceptors (Lipinski definition) is 4. The molecule has 0 amide bonds. The molecule has 0 spiro atoms. The lowest BCUT2D eigenvalue weighted by molar-refractivity contribution is 0.0988. The Labute approximate surface area is 78.5 Å². The Morgan fingerprint density at radius 1 is 1.15 bits per heavy atom. The molecule has 0 saturated carbocycles. The van der Waals surface area contributed by atoms with E-state index in [0.29, 0.717) is 0 Å². The van der Waals surface area contributed by atoms with E-state index in [1.165, 1.54) is 0 Å². The van der Waals surface area contributed by atoms with E-state index < -0.39 is 15.9 Å². The lowest BCUT2D eigenvalue weighted by Gasteiger charge is -2.24. The zero-order valence-electron chi connectivity index (χ0n) is 7.52. The first-order valence-corrected chi connectivity index (χ1v) is 6.53. The second-order valence-corrected chi connectivity index (χ2v) is 6.11. The summed E-state index contributed by atoms with van der Waals surface area (Å²) in [5, 5.41) is 9.56. The molecule has 2 aliphatic heterocycles. The van der Waals surface area contributed by atoms with Crippen LogP contribution in [0.1, 0.15) is 12.8 Å². The summed E-state index contributed by atoms with van der Waals surface area (Å²) in [6.45, 7) is 1.88. The van der Waals surface area contributed by atoms with Gasteiger partial charge in [-0.2, -0.15) is 0 Å². The molecule has 2 saturated heterocycles. The van der Waals surface area contributed by atoms with Crippen LogP contribution in [0, 0.1) is 0 Å². The molecule has 2 fully saturated rings. The monoisotopic (exact) mass is 205 g/mol. The minimum atomic E-state index is -2.97. The van der Waals surface area contributed by atoms with Crippen LogP contribution in [-0.4, -0.2) is 55.2 Å².